The number of carboxylic acids is 1. The summed E-state index contributed by atoms with van der Waals surface area (Å²) in [5.74, 6) is -1.15. The monoisotopic (exact) mass is 391 g/mol. The van der Waals surface area contributed by atoms with Gasteiger partial charge in [-0.05, 0) is 52.1 Å². The van der Waals surface area contributed by atoms with E-state index in [2.05, 4.69) is 23.2 Å². The Kier molecular flexibility index (Phi) is 10.3. The van der Waals surface area contributed by atoms with Crippen molar-refractivity contribution in [3.05, 3.63) is 12.7 Å². The van der Waals surface area contributed by atoms with Crippen LogP contribution in [0.2, 0.25) is 0 Å². The fourth-order valence-electron chi connectivity index (χ4n) is 3.21. The van der Waals surface area contributed by atoms with Crippen molar-refractivity contribution in [1.82, 2.24) is 13.9 Å². The van der Waals surface area contributed by atoms with E-state index in [1.54, 1.807) is 0 Å². The fourth-order valence-corrected chi connectivity index (χ4v) is 4.32. The quantitative estimate of drug-likeness (QED) is 0.360. The van der Waals surface area contributed by atoms with Crippen LogP contribution >= 0.6 is 0 Å². The van der Waals surface area contributed by atoms with Gasteiger partial charge in [0.05, 0.1) is 6.10 Å². The summed E-state index contributed by atoms with van der Waals surface area (Å²) in [4.78, 5) is 13.2. The zero-order valence-electron chi connectivity index (χ0n) is 15.9. The molecular formula is C17H33N3O5S. The lowest BCUT2D eigenvalue weighted by molar-refractivity contribution is -0.137. The minimum Gasteiger partial charge on any atom is -0.480 e. The van der Waals surface area contributed by atoms with E-state index in [4.69, 9.17) is 9.84 Å². The van der Waals surface area contributed by atoms with E-state index in [1.165, 1.54) is 7.05 Å². The summed E-state index contributed by atoms with van der Waals surface area (Å²) in [6, 6.07) is -0.295. The first-order valence-corrected chi connectivity index (χ1v) is 10.6. The first-order chi connectivity index (χ1) is 12.3. The van der Waals surface area contributed by atoms with Crippen molar-refractivity contribution in [3.8, 4) is 0 Å². The molecule has 152 valence electrons. The van der Waals surface area contributed by atoms with E-state index in [0.717, 1.165) is 43.1 Å². The standard InChI is InChI=1S/C17H33N3O5S/c1-4-11-19(3)12-5-6-13-25-16-9-7-15(8-10-16)20(14-17(21)22)26(23,24)18-2/h4,15-16,18H,1,5-14H2,2-3H3,(H,21,22). The molecule has 0 aromatic carbocycles. The van der Waals surface area contributed by atoms with Crippen molar-refractivity contribution >= 4 is 16.2 Å². The molecule has 0 aromatic heterocycles. The molecule has 0 saturated heterocycles. The molecular weight excluding hydrogens is 358 g/mol. The van der Waals surface area contributed by atoms with Crippen LogP contribution in [-0.2, 0) is 19.7 Å². The van der Waals surface area contributed by atoms with Gasteiger partial charge in [-0.15, -0.1) is 6.58 Å². The molecule has 26 heavy (non-hydrogen) atoms. The van der Waals surface area contributed by atoms with Crippen molar-refractivity contribution in [1.29, 1.82) is 0 Å². The van der Waals surface area contributed by atoms with Crippen molar-refractivity contribution < 1.29 is 23.1 Å². The van der Waals surface area contributed by atoms with Crippen molar-refractivity contribution in [2.75, 3.05) is 40.3 Å². The molecule has 0 heterocycles. The van der Waals surface area contributed by atoms with Crippen LogP contribution in [-0.4, -0.2) is 81.2 Å². The Labute approximate surface area is 157 Å². The van der Waals surface area contributed by atoms with E-state index < -0.39 is 22.7 Å². The van der Waals surface area contributed by atoms with Gasteiger partial charge in [-0.3, -0.25) is 4.79 Å². The van der Waals surface area contributed by atoms with Crippen LogP contribution in [0.15, 0.2) is 12.7 Å². The zero-order chi connectivity index (χ0) is 19.6. The number of likely N-dealkylation sites (N-methyl/N-ethyl adjacent to an activating group) is 1. The van der Waals surface area contributed by atoms with Gasteiger partial charge in [-0.25, -0.2) is 4.72 Å². The average molecular weight is 392 g/mol. The zero-order valence-corrected chi connectivity index (χ0v) is 16.7. The van der Waals surface area contributed by atoms with Gasteiger partial charge in [-0.2, -0.15) is 12.7 Å². The number of unbranched alkanes of at least 4 members (excludes halogenated alkanes) is 1. The lowest BCUT2D eigenvalue weighted by Crippen LogP contribution is -2.49. The molecule has 0 amide bonds. The summed E-state index contributed by atoms with van der Waals surface area (Å²) < 4.78 is 33.3. The number of nitrogens with zero attached hydrogens (tertiary/aromatic N) is 2. The largest absolute Gasteiger partial charge is 0.480 e. The number of carbonyl (C=O) groups is 1. The predicted molar refractivity (Wildman–Crippen MR) is 101 cm³/mol. The number of nitrogens with one attached hydrogen (secondary N) is 1. The third-order valence-electron chi connectivity index (χ3n) is 4.64. The number of aliphatic carboxylic acids is 1. The van der Waals surface area contributed by atoms with Crippen LogP contribution in [0, 0.1) is 0 Å². The minimum absolute atomic E-state index is 0.126. The Morgan fingerprint density at radius 2 is 1.96 bits per heavy atom. The van der Waals surface area contributed by atoms with Gasteiger partial charge in [0.1, 0.15) is 6.54 Å². The summed E-state index contributed by atoms with van der Waals surface area (Å²) in [5, 5.41) is 9.00. The third-order valence-corrected chi connectivity index (χ3v) is 6.20. The second-order valence-corrected chi connectivity index (χ2v) is 8.53. The van der Waals surface area contributed by atoms with E-state index in [1.807, 2.05) is 6.08 Å². The molecule has 9 heteroatoms. The predicted octanol–water partition coefficient (Wildman–Crippen LogP) is 1.06. The lowest BCUT2D eigenvalue weighted by Gasteiger charge is -2.34. The number of ether oxygens (including phenoxy) is 1. The van der Waals surface area contributed by atoms with Gasteiger partial charge in [0, 0.05) is 26.2 Å². The highest BCUT2D eigenvalue weighted by Gasteiger charge is 2.34. The summed E-state index contributed by atoms with van der Waals surface area (Å²) in [6.07, 6.45) is 6.78. The maximum Gasteiger partial charge on any atom is 0.318 e. The number of rotatable bonds is 13. The molecule has 1 saturated carbocycles. The third kappa shape index (κ3) is 8.13. The van der Waals surface area contributed by atoms with Crippen LogP contribution in [0.3, 0.4) is 0 Å². The molecule has 0 bridgehead atoms. The molecule has 0 aliphatic heterocycles. The van der Waals surface area contributed by atoms with Crippen LogP contribution in [0.25, 0.3) is 0 Å². The van der Waals surface area contributed by atoms with E-state index >= 15 is 0 Å². The van der Waals surface area contributed by atoms with Crippen LogP contribution in [0.4, 0.5) is 0 Å². The van der Waals surface area contributed by atoms with Crippen LogP contribution in [0.1, 0.15) is 38.5 Å². The van der Waals surface area contributed by atoms with Gasteiger partial charge >= 0.3 is 5.97 Å². The second-order valence-electron chi connectivity index (χ2n) is 6.71. The summed E-state index contributed by atoms with van der Waals surface area (Å²) >= 11 is 0. The average Bonchev–Trinajstić information content (AvgIpc) is 2.60. The summed E-state index contributed by atoms with van der Waals surface area (Å²) in [7, 11) is -0.401. The van der Waals surface area contributed by atoms with Gasteiger partial charge < -0.3 is 14.7 Å². The second kappa shape index (κ2) is 11.7. The van der Waals surface area contributed by atoms with Crippen molar-refractivity contribution in [2.24, 2.45) is 0 Å². The Bertz CT molecular complexity index is 533. The molecule has 2 N–H and O–H groups in total. The first kappa shape index (κ1) is 23.0. The highest BCUT2D eigenvalue weighted by Crippen LogP contribution is 2.26. The van der Waals surface area contributed by atoms with Crippen molar-refractivity contribution in [2.45, 2.75) is 50.7 Å². The van der Waals surface area contributed by atoms with E-state index in [-0.39, 0.29) is 12.1 Å². The molecule has 0 aromatic rings. The molecule has 1 rings (SSSR count). The number of hydrogen-bond donors (Lipinski definition) is 2. The first-order valence-electron chi connectivity index (χ1n) is 9.13. The Morgan fingerprint density at radius 3 is 2.50 bits per heavy atom. The van der Waals surface area contributed by atoms with Crippen molar-refractivity contribution in [3.63, 3.8) is 0 Å². The molecule has 1 fully saturated rings. The fraction of sp³-hybridized carbons (Fsp3) is 0.824. The van der Waals surface area contributed by atoms with Gasteiger partial charge in [0.15, 0.2) is 0 Å². The smallest absolute Gasteiger partial charge is 0.318 e. The number of carboxylic acid groups (broad SMARTS) is 1. The topological polar surface area (TPSA) is 99.2 Å². The molecule has 0 unspecified atom stereocenters. The van der Waals surface area contributed by atoms with Gasteiger partial charge in [-0.1, -0.05) is 6.08 Å². The highest BCUT2D eigenvalue weighted by molar-refractivity contribution is 7.87. The molecule has 0 atom stereocenters. The lowest BCUT2D eigenvalue weighted by atomic mass is 9.93. The van der Waals surface area contributed by atoms with Crippen LogP contribution in [0.5, 0.6) is 0 Å². The summed E-state index contributed by atoms with van der Waals surface area (Å²) in [5.41, 5.74) is 0. The van der Waals surface area contributed by atoms with E-state index in [9.17, 15) is 13.2 Å². The highest BCUT2D eigenvalue weighted by atomic mass is 32.2. The molecule has 1 aliphatic rings. The summed E-state index contributed by atoms with van der Waals surface area (Å²) in [6.45, 7) is 5.79. The molecule has 8 nitrogen and oxygen atoms in total. The minimum atomic E-state index is -3.76. The molecule has 0 spiro atoms. The number of hydrogen-bond acceptors (Lipinski definition) is 5. The van der Waals surface area contributed by atoms with Gasteiger partial charge in [0.25, 0.3) is 10.2 Å². The Balaban J connectivity index is 2.34. The Hall–Kier alpha value is -1.00. The van der Waals surface area contributed by atoms with Crippen LogP contribution < -0.4 is 4.72 Å². The maximum atomic E-state index is 12.1. The molecule has 1 aliphatic carbocycles. The normalized spacial score (nSPS) is 21.2. The SMILES string of the molecule is C=CCN(C)CCCCOC1CCC(N(CC(=O)O)S(=O)(=O)NC)CC1. The van der Waals surface area contributed by atoms with E-state index in [0.29, 0.717) is 19.4 Å². The molecule has 0 radical (unpaired) electrons. The van der Waals surface area contributed by atoms with Gasteiger partial charge in [0.2, 0.25) is 0 Å². The maximum absolute atomic E-state index is 12.1. The Morgan fingerprint density at radius 1 is 1.31 bits per heavy atom.